The molecule has 7 heteroatoms. The standard InChI is InChI=1S/C14H22N4O2S/c1-20-10-12-15-14(21-16-12)18-7-3-6-17(8-9-18)13(19)11-4-2-5-11/h11H,2-10H2,1H3. The number of methoxy groups -OCH3 is 1. The van der Waals surface area contributed by atoms with E-state index in [1.807, 2.05) is 4.90 Å². The van der Waals surface area contributed by atoms with E-state index in [9.17, 15) is 4.79 Å². The quantitative estimate of drug-likeness (QED) is 0.844. The maximum atomic E-state index is 12.3. The highest BCUT2D eigenvalue weighted by Crippen LogP contribution is 2.29. The monoisotopic (exact) mass is 310 g/mol. The fourth-order valence-corrected chi connectivity index (χ4v) is 3.53. The van der Waals surface area contributed by atoms with Gasteiger partial charge in [-0.15, -0.1) is 0 Å². The number of carbonyl (C=O) groups is 1. The second-order valence-electron chi connectivity index (χ2n) is 5.72. The molecule has 0 unspecified atom stereocenters. The largest absolute Gasteiger partial charge is 0.377 e. The minimum Gasteiger partial charge on any atom is -0.377 e. The second kappa shape index (κ2) is 6.70. The second-order valence-corrected chi connectivity index (χ2v) is 6.45. The maximum Gasteiger partial charge on any atom is 0.225 e. The average molecular weight is 310 g/mol. The fraction of sp³-hybridized carbons (Fsp3) is 0.786. The number of nitrogens with zero attached hydrogens (tertiary/aromatic N) is 4. The van der Waals surface area contributed by atoms with Crippen LogP contribution in [0.4, 0.5) is 5.13 Å². The van der Waals surface area contributed by atoms with Gasteiger partial charge in [-0.1, -0.05) is 6.42 Å². The molecule has 1 amide bonds. The molecule has 2 heterocycles. The predicted octanol–water partition coefficient (Wildman–Crippen LogP) is 1.52. The lowest BCUT2D eigenvalue weighted by molar-refractivity contribution is -0.137. The third-order valence-electron chi connectivity index (χ3n) is 4.26. The Hall–Kier alpha value is -1.21. The molecule has 0 bridgehead atoms. The number of hydrogen-bond acceptors (Lipinski definition) is 6. The van der Waals surface area contributed by atoms with Crippen LogP contribution in [0, 0.1) is 5.92 Å². The van der Waals surface area contributed by atoms with Crippen molar-refractivity contribution < 1.29 is 9.53 Å². The lowest BCUT2D eigenvalue weighted by Crippen LogP contribution is -2.41. The van der Waals surface area contributed by atoms with Gasteiger partial charge in [0, 0.05) is 50.7 Å². The van der Waals surface area contributed by atoms with Crippen molar-refractivity contribution in [3.8, 4) is 0 Å². The smallest absolute Gasteiger partial charge is 0.225 e. The van der Waals surface area contributed by atoms with Crippen LogP contribution in [-0.4, -0.2) is 53.5 Å². The highest BCUT2D eigenvalue weighted by Gasteiger charge is 2.30. The predicted molar refractivity (Wildman–Crippen MR) is 81.4 cm³/mol. The van der Waals surface area contributed by atoms with Crippen molar-refractivity contribution in [3.05, 3.63) is 5.82 Å². The highest BCUT2D eigenvalue weighted by molar-refractivity contribution is 7.09. The Kier molecular flexibility index (Phi) is 4.70. The number of hydrogen-bond donors (Lipinski definition) is 0. The molecule has 116 valence electrons. The molecular formula is C14H22N4O2S. The zero-order valence-electron chi connectivity index (χ0n) is 12.5. The van der Waals surface area contributed by atoms with Crippen LogP contribution in [0.2, 0.25) is 0 Å². The molecule has 6 nitrogen and oxygen atoms in total. The van der Waals surface area contributed by atoms with Crippen LogP contribution in [0.15, 0.2) is 0 Å². The molecule has 2 fully saturated rings. The van der Waals surface area contributed by atoms with Gasteiger partial charge in [-0.3, -0.25) is 4.79 Å². The van der Waals surface area contributed by atoms with Crippen molar-refractivity contribution in [3.63, 3.8) is 0 Å². The molecule has 0 N–H and O–H groups in total. The molecular weight excluding hydrogens is 288 g/mol. The van der Waals surface area contributed by atoms with E-state index in [1.54, 1.807) is 7.11 Å². The van der Waals surface area contributed by atoms with Gasteiger partial charge in [-0.25, -0.2) is 4.98 Å². The van der Waals surface area contributed by atoms with E-state index in [0.717, 1.165) is 56.4 Å². The molecule has 1 saturated carbocycles. The van der Waals surface area contributed by atoms with Crippen molar-refractivity contribution in [1.82, 2.24) is 14.3 Å². The Morgan fingerprint density at radius 3 is 2.86 bits per heavy atom. The number of rotatable bonds is 4. The summed E-state index contributed by atoms with van der Waals surface area (Å²) < 4.78 is 9.36. The molecule has 3 rings (SSSR count). The normalized spacial score (nSPS) is 20.2. The Bertz CT molecular complexity index is 489. The lowest BCUT2D eigenvalue weighted by atomic mass is 9.84. The molecule has 1 aromatic heterocycles. The Labute approximate surface area is 129 Å². The summed E-state index contributed by atoms with van der Waals surface area (Å²) in [7, 11) is 1.65. The van der Waals surface area contributed by atoms with Crippen LogP contribution in [0.3, 0.4) is 0 Å². The number of ether oxygens (including phenoxy) is 1. The first-order valence-electron chi connectivity index (χ1n) is 7.63. The van der Waals surface area contributed by atoms with Crippen LogP contribution in [-0.2, 0) is 16.1 Å². The van der Waals surface area contributed by atoms with Crippen molar-refractivity contribution in [2.24, 2.45) is 5.92 Å². The number of anilines is 1. The minimum atomic E-state index is 0.298. The number of amides is 1. The summed E-state index contributed by atoms with van der Waals surface area (Å²) in [5, 5.41) is 0.944. The lowest BCUT2D eigenvalue weighted by Gasteiger charge is -2.30. The van der Waals surface area contributed by atoms with Gasteiger partial charge in [0.2, 0.25) is 11.0 Å². The number of carbonyl (C=O) groups excluding carboxylic acids is 1. The van der Waals surface area contributed by atoms with Crippen LogP contribution < -0.4 is 4.90 Å². The van der Waals surface area contributed by atoms with E-state index in [4.69, 9.17) is 4.74 Å². The van der Waals surface area contributed by atoms with Crippen molar-refractivity contribution in [2.75, 3.05) is 38.2 Å². The average Bonchev–Trinajstić information content (AvgIpc) is 2.73. The van der Waals surface area contributed by atoms with E-state index in [1.165, 1.54) is 18.0 Å². The molecule has 21 heavy (non-hydrogen) atoms. The van der Waals surface area contributed by atoms with Crippen LogP contribution in [0.5, 0.6) is 0 Å². The van der Waals surface area contributed by atoms with E-state index >= 15 is 0 Å². The van der Waals surface area contributed by atoms with Gasteiger partial charge in [-0.05, 0) is 19.3 Å². The SMILES string of the molecule is COCc1nsc(N2CCCN(C(=O)C3CCC3)CC2)n1. The van der Waals surface area contributed by atoms with Crippen molar-refractivity contribution in [1.29, 1.82) is 0 Å². The van der Waals surface area contributed by atoms with Gasteiger partial charge in [0.05, 0.1) is 0 Å². The maximum absolute atomic E-state index is 12.3. The highest BCUT2D eigenvalue weighted by atomic mass is 32.1. The van der Waals surface area contributed by atoms with Crippen LogP contribution in [0.25, 0.3) is 0 Å². The van der Waals surface area contributed by atoms with Crippen LogP contribution in [0.1, 0.15) is 31.5 Å². The van der Waals surface area contributed by atoms with Gasteiger partial charge in [0.1, 0.15) is 6.61 Å². The van der Waals surface area contributed by atoms with E-state index < -0.39 is 0 Å². The van der Waals surface area contributed by atoms with Gasteiger partial charge < -0.3 is 14.5 Å². The van der Waals surface area contributed by atoms with Gasteiger partial charge >= 0.3 is 0 Å². The van der Waals surface area contributed by atoms with Gasteiger partial charge in [0.25, 0.3) is 0 Å². The van der Waals surface area contributed by atoms with E-state index in [0.29, 0.717) is 18.4 Å². The molecule has 0 atom stereocenters. The third kappa shape index (κ3) is 3.35. The zero-order valence-corrected chi connectivity index (χ0v) is 13.3. The summed E-state index contributed by atoms with van der Waals surface area (Å²) in [6, 6.07) is 0. The summed E-state index contributed by atoms with van der Waals surface area (Å²) >= 11 is 1.42. The summed E-state index contributed by atoms with van der Waals surface area (Å²) in [5.41, 5.74) is 0. The molecule has 1 aliphatic heterocycles. The first-order valence-corrected chi connectivity index (χ1v) is 8.40. The van der Waals surface area contributed by atoms with Crippen molar-refractivity contribution >= 4 is 22.6 Å². The summed E-state index contributed by atoms with van der Waals surface area (Å²) in [5.74, 6) is 1.40. The first kappa shape index (κ1) is 14.7. The molecule has 0 spiro atoms. The topological polar surface area (TPSA) is 58.6 Å². The Balaban J connectivity index is 1.58. The van der Waals surface area contributed by atoms with Gasteiger partial charge in [0.15, 0.2) is 5.82 Å². The molecule has 1 aromatic rings. The first-order chi connectivity index (χ1) is 10.3. The van der Waals surface area contributed by atoms with E-state index in [2.05, 4.69) is 14.3 Å². The van der Waals surface area contributed by atoms with Crippen molar-refractivity contribution in [2.45, 2.75) is 32.3 Å². The Morgan fingerprint density at radius 2 is 2.14 bits per heavy atom. The molecule has 2 aliphatic rings. The third-order valence-corrected chi connectivity index (χ3v) is 5.08. The fourth-order valence-electron chi connectivity index (χ4n) is 2.80. The molecule has 1 aliphatic carbocycles. The molecule has 1 saturated heterocycles. The zero-order chi connectivity index (χ0) is 14.7. The molecule has 0 radical (unpaired) electrons. The summed E-state index contributed by atoms with van der Waals surface area (Å²) in [6.07, 6.45) is 4.37. The Morgan fingerprint density at radius 1 is 1.29 bits per heavy atom. The van der Waals surface area contributed by atoms with Crippen LogP contribution >= 0.6 is 11.5 Å². The number of aromatic nitrogens is 2. The van der Waals surface area contributed by atoms with E-state index in [-0.39, 0.29) is 0 Å². The van der Waals surface area contributed by atoms with Gasteiger partial charge in [-0.2, -0.15) is 4.37 Å². The minimum absolute atomic E-state index is 0.298. The molecule has 0 aromatic carbocycles. The summed E-state index contributed by atoms with van der Waals surface area (Å²) in [6.45, 7) is 3.91. The summed E-state index contributed by atoms with van der Waals surface area (Å²) in [4.78, 5) is 21.1.